The minimum absolute atomic E-state index is 0.127. The predicted octanol–water partition coefficient (Wildman–Crippen LogP) is 0.194. The average molecular weight is 467 g/mol. The standard InChI is InChI=1S/C13H14N4O4.C6H13NO.C2H6.CH5N/c1-21-8-2-3-10-7(4-8)5-9(12(19)15-10)13(20)16-11(6-18)17-14;1-7-3-2-5-8-6-4-7;2*1-2/h2-6,11,17H,14H2,1H3,(H,15,19)(H,16,20);2-6H2,1H3;1-2H3;2H2,1H3. The first-order valence-electron chi connectivity index (χ1n) is 10.8. The SMILES string of the molecule is CC.CN.CN1CCCOCC1.COc1ccc2[nH]c(=O)c(C(=O)NC(C=O)NN)cc2c1. The monoisotopic (exact) mass is 466 g/mol. The molecule has 0 aliphatic carbocycles. The second-order valence-electron chi connectivity index (χ2n) is 6.49. The maximum absolute atomic E-state index is 12.0. The van der Waals surface area contributed by atoms with Crippen LogP contribution in [0.3, 0.4) is 0 Å². The van der Waals surface area contributed by atoms with Crippen molar-refractivity contribution in [2.75, 3.05) is 47.5 Å². The van der Waals surface area contributed by atoms with Gasteiger partial charge in [-0.25, -0.2) is 5.43 Å². The van der Waals surface area contributed by atoms with E-state index in [0.717, 1.165) is 19.8 Å². The maximum Gasteiger partial charge on any atom is 0.261 e. The van der Waals surface area contributed by atoms with Gasteiger partial charge >= 0.3 is 0 Å². The molecule has 1 unspecified atom stereocenters. The lowest BCUT2D eigenvalue weighted by Crippen LogP contribution is -2.50. The van der Waals surface area contributed by atoms with Crippen LogP contribution in [0.4, 0.5) is 0 Å². The molecule has 0 saturated carbocycles. The fraction of sp³-hybridized carbons (Fsp3) is 0.500. The van der Waals surface area contributed by atoms with Gasteiger partial charge in [0.2, 0.25) is 0 Å². The van der Waals surface area contributed by atoms with Crippen LogP contribution in [-0.2, 0) is 9.53 Å². The highest BCUT2D eigenvalue weighted by molar-refractivity contribution is 5.98. The van der Waals surface area contributed by atoms with Gasteiger partial charge < -0.3 is 30.4 Å². The third-order valence-corrected chi connectivity index (χ3v) is 4.34. The zero-order valence-electron chi connectivity index (χ0n) is 20.1. The molecule has 1 aliphatic heterocycles. The van der Waals surface area contributed by atoms with E-state index in [0.29, 0.717) is 22.9 Å². The van der Waals surface area contributed by atoms with Crippen LogP contribution in [0, 0.1) is 0 Å². The van der Waals surface area contributed by atoms with Crippen LogP contribution >= 0.6 is 0 Å². The summed E-state index contributed by atoms with van der Waals surface area (Å²) < 4.78 is 10.3. The Kier molecular flexibility index (Phi) is 16.2. The molecule has 2 aromatic rings. The van der Waals surface area contributed by atoms with Crippen LogP contribution in [0.2, 0.25) is 0 Å². The molecule has 0 radical (unpaired) electrons. The molecule has 1 aliphatic rings. The van der Waals surface area contributed by atoms with Crippen molar-refractivity contribution in [3.8, 4) is 5.75 Å². The van der Waals surface area contributed by atoms with E-state index < -0.39 is 17.6 Å². The third kappa shape index (κ3) is 10.6. The molecule has 1 saturated heterocycles. The normalized spacial score (nSPS) is 14.0. The van der Waals surface area contributed by atoms with Gasteiger partial charge in [-0.2, -0.15) is 0 Å². The molecule has 7 N–H and O–H groups in total. The number of fused-ring (bicyclic) bond motifs is 1. The molecule has 186 valence electrons. The summed E-state index contributed by atoms with van der Waals surface area (Å²) in [5.41, 5.74) is 6.48. The number of benzene rings is 1. The first-order chi connectivity index (χ1) is 16.0. The van der Waals surface area contributed by atoms with Crippen molar-refractivity contribution in [3.63, 3.8) is 0 Å². The van der Waals surface area contributed by atoms with Crippen LogP contribution in [-0.4, -0.2) is 75.8 Å². The Labute approximate surface area is 194 Å². The van der Waals surface area contributed by atoms with Gasteiger partial charge in [0.15, 0.2) is 6.29 Å². The number of ether oxygens (including phenoxy) is 2. The number of amides is 1. The minimum Gasteiger partial charge on any atom is -0.497 e. The predicted molar refractivity (Wildman–Crippen MR) is 130 cm³/mol. The van der Waals surface area contributed by atoms with Crippen molar-refractivity contribution in [1.82, 2.24) is 20.6 Å². The smallest absolute Gasteiger partial charge is 0.261 e. The van der Waals surface area contributed by atoms with Crippen molar-refractivity contribution >= 4 is 23.1 Å². The quantitative estimate of drug-likeness (QED) is 0.179. The van der Waals surface area contributed by atoms with Gasteiger partial charge in [-0.3, -0.25) is 20.2 Å². The number of hydrogen-bond donors (Lipinski definition) is 5. The molecule has 11 nitrogen and oxygen atoms in total. The Morgan fingerprint density at radius 2 is 1.94 bits per heavy atom. The zero-order chi connectivity index (χ0) is 25.2. The first kappa shape index (κ1) is 30.2. The van der Waals surface area contributed by atoms with Crippen LogP contribution in [0.5, 0.6) is 5.75 Å². The fourth-order valence-electron chi connectivity index (χ4n) is 2.69. The molecule has 11 heteroatoms. The highest BCUT2D eigenvalue weighted by Crippen LogP contribution is 2.18. The molecule has 3 rings (SSSR count). The van der Waals surface area contributed by atoms with Crippen LogP contribution in [0.15, 0.2) is 29.1 Å². The molecular formula is C22H38N6O5. The molecule has 1 aromatic carbocycles. The van der Waals surface area contributed by atoms with Gasteiger partial charge in [-0.05, 0) is 44.8 Å². The van der Waals surface area contributed by atoms with Gasteiger partial charge in [0.25, 0.3) is 11.5 Å². The number of H-pyrrole nitrogens is 1. The van der Waals surface area contributed by atoms with Gasteiger partial charge in [0, 0.05) is 30.6 Å². The number of nitrogens with zero attached hydrogens (tertiary/aromatic N) is 1. The van der Waals surface area contributed by atoms with E-state index in [2.05, 4.69) is 33.4 Å². The summed E-state index contributed by atoms with van der Waals surface area (Å²) in [6.45, 7) is 8.15. The lowest BCUT2D eigenvalue weighted by atomic mass is 10.1. The van der Waals surface area contributed by atoms with Gasteiger partial charge in [-0.1, -0.05) is 13.8 Å². The lowest BCUT2D eigenvalue weighted by molar-refractivity contribution is -0.110. The topological polar surface area (TPSA) is 165 Å². The van der Waals surface area contributed by atoms with Crippen molar-refractivity contribution in [1.29, 1.82) is 0 Å². The number of hydrogen-bond acceptors (Lipinski definition) is 9. The van der Waals surface area contributed by atoms with E-state index in [1.54, 1.807) is 18.2 Å². The zero-order valence-corrected chi connectivity index (χ0v) is 20.1. The molecule has 0 spiro atoms. The summed E-state index contributed by atoms with van der Waals surface area (Å²) in [5, 5.41) is 2.90. The largest absolute Gasteiger partial charge is 0.497 e. The van der Waals surface area contributed by atoms with E-state index in [1.165, 1.54) is 33.2 Å². The minimum atomic E-state index is -1.07. The summed E-state index contributed by atoms with van der Waals surface area (Å²) in [6.07, 6.45) is 0.532. The van der Waals surface area contributed by atoms with Gasteiger partial charge in [0.1, 0.15) is 17.5 Å². The van der Waals surface area contributed by atoms with Crippen molar-refractivity contribution < 1.29 is 19.1 Å². The Hall–Kier alpha value is -2.83. The number of aromatic amines is 1. The number of nitrogens with two attached hydrogens (primary N) is 2. The van der Waals surface area contributed by atoms with Gasteiger partial charge in [0.05, 0.1) is 13.7 Å². The van der Waals surface area contributed by atoms with Crippen LogP contribution in [0.1, 0.15) is 30.6 Å². The van der Waals surface area contributed by atoms with Crippen molar-refractivity contribution in [3.05, 3.63) is 40.2 Å². The van der Waals surface area contributed by atoms with Crippen molar-refractivity contribution in [2.24, 2.45) is 11.6 Å². The first-order valence-corrected chi connectivity index (χ1v) is 10.8. The number of nitrogens with one attached hydrogen (secondary N) is 3. The molecule has 0 bridgehead atoms. The van der Waals surface area contributed by atoms with Gasteiger partial charge in [-0.15, -0.1) is 0 Å². The number of methoxy groups -OCH3 is 1. The molecular weight excluding hydrogens is 428 g/mol. The average Bonchev–Trinajstić information content (AvgIpc) is 3.11. The molecule has 33 heavy (non-hydrogen) atoms. The summed E-state index contributed by atoms with van der Waals surface area (Å²) in [6, 6.07) is 6.47. The summed E-state index contributed by atoms with van der Waals surface area (Å²) >= 11 is 0. The summed E-state index contributed by atoms with van der Waals surface area (Å²) in [5.74, 6) is 4.96. The summed E-state index contributed by atoms with van der Waals surface area (Å²) in [7, 11) is 5.15. The number of carbonyl (C=O) groups excluding carboxylic acids is 2. The third-order valence-electron chi connectivity index (χ3n) is 4.34. The number of aldehydes is 1. The van der Waals surface area contributed by atoms with Crippen LogP contribution < -0.4 is 32.6 Å². The van der Waals surface area contributed by atoms with Crippen LogP contribution in [0.25, 0.3) is 10.9 Å². The molecule has 2 heterocycles. The highest BCUT2D eigenvalue weighted by Gasteiger charge is 2.15. The number of carbonyl (C=O) groups is 2. The Morgan fingerprint density at radius 1 is 1.24 bits per heavy atom. The number of hydrazine groups is 1. The Balaban J connectivity index is 0.000000710. The Bertz CT molecular complexity index is 881. The Morgan fingerprint density at radius 3 is 2.55 bits per heavy atom. The number of pyridine rings is 1. The summed E-state index contributed by atoms with van der Waals surface area (Å²) in [4.78, 5) is 39.4. The number of aromatic nitrogens is 1. The van der Waals surface area contributed by atoms with E-state index in [4.69, 9.17) is 15.3 Å². The van der Waals surface area contributed by atoms with E-state index in [-0.39, 0.29) is 5.56 Å². The molecule has 1 amide bonds. The molecule has 1 aromatic heterocycles. The van der Waals surface area contributed by atoms with E-state index in [1.807, 2.05) is 13.8 Å². The van der Waals surface area contributed by atoms with E-state index >= 15 is 0 Å². The van der Waals surface area contributed by atoms with E-state index in [9.17, 15) is 14.4 Å². The maximum atomic E-state index is 12.0. The second kappa shape index (κ2) is 17.7. The number of rotatable bonds is 5. The van der Waals surface area contributed by atoms with Crippen molar-refractivity contribution in [2.45, 2.75) is 26.4 Å². The molecule has 1 fully saturated rings. The number of likely N-dealkylation sites (N-methyl/N-ethyl adjacent to an activating group) is 1. The molecule has 1 atom stereocenters. The fourth-order valence-corrected chi connectivity index (χ4v) is 2.69. The lowest BCUT2D eigenvalue weighted by Gasteiger charge is -2.11. The second-order valence-corrected chi connectivity index (χ2v) is 6.49. The highest BCUT2D eigenvalue weighted by atomic mass is 16.5.